The maximum atomic E-state index is 10.7. The van der Waals surface area contributed by atoms with Crippen molar-refractivity contribution in [2.45, 2.75) is 31.8 Å². The van der Waals surface area contributed by atoms with Gasteiger partial charge in [-0.1, -0.05) is 43.3 Å². The highest BCUT2D eigenvalue weighted by Crippen LogP contribution is 2.25. The molecule has 5 nitrogen and oxygen atoms in total. The van der Waals surface area contributed by atoms with E-state index in [-0.39, 0.29) is 11.7 Å². The number of aliphatic carboxylic acids is 1. The molecule has 0 aliphatic heterocycles. The van der Waals surface area contributed by atoms with Crippen LogP contribution in [0.3, 0.4) is 0 Å². The molecule has 0 fully saturated rings. The van der Waals surface area contributed by atoms with Crippen LogP contribution >= 0.6 is 11.8 Å². The molecule has 0 atom stereocenters. The van der Waals surface area contributed by atoms with Gasteiger partial charge < -0.3 is 5.11 Å². The molecule has 0 spiro atoms. The Morgan fingerprint density at radius 3 is 2.50 bits per heavy atom. The van der Waals surface area contributed by atoms with Gasteiger partial charge in [-0.05, 0) is 19.1 Å². The summed E-state index contributed by atoms with van der Waals surface area (Å²) >= 11 is 1.18. The number of hydrogen-bond acceptors (Lipinski definition) is 4. The summed E-state index contributed by atoms with van der Waals surface area (Å²) in [4.78, 5) is 10.7. The Morgan fingerprint density at radius 2 is 1.95 bits per heavy atom. The Labute approximate surface area is 122 Å². The highest BCUT2D eigenvalue weighted by Gasteiger charge is 2.17. The van der Waals surface area contributed by atoms with Crippen LogP contribution in [0.5, 0.6) is 0 Å². The van der Waals surface area contributed by atoms with E-state index in [0.29, 0.717) is 5.16 Å². The Bertz CT molecular complexity index is 605. The van der Waals surface area contributed by atoms with Gasteiger partial charge in [-0.3, -0.25) is 9.36 Å². The summed E-state index contributed by atoms with van der Waals surface area (Å²) in [7, 11) is 0. The second-order valence-electron chi connectivity index (χ2n) is 4.85. The van der Waals surface area contributed by atoms with Crippen LogP contribution in [0.25, 0.3) is 5.69 Å². The molecule has 0 saturated heterocycles. The third-order valence-electron chi connectivity index (χ3n) is 2.79. The van der Waals surface area contributed by atoms with E-state index in [9.17, 15) is 4.79 Å². The monoisotopic (exact) mass is 291 g/mol. The molecule has 1 heterocycles. The van der Waals surface area contributed by atoms with Crippen molar-refractivity contribution in [2.24, 2.45) is 0 Å². The van der Waals surface area contributed by atoms with Crippen molar-refractivity contribution < 1.29 is 9.90 Å². The fourth-order valence-corrected chi connectivity index (χ4v) is 2.49. The average Bonchev–Trinajstić information content (AvgIpc) is 2.81. The molecule has 0 aliphatic carbocycles. The minimum absolute atomic E-state index is 0.0257. The van der Waals surface area contributed by atoms with Crippen molar-refractivity contribution in [2.75, 3.05) is 5.75 Å². The summed E-state index contributed by atoms with van der Waals surface area (Å²) in [5, 5.41) is 17.7. The summed E-state index contributed by atoms with van der Waals surface area (Å²) in [6.07, 6.45) is 0. The number of nitrogens with zero attached hydrogens (tertiary/aromatic N) is 3. The highest BCUT2D eigenvalue weighted by atomic mass is 32.2. The number of aromatic nitrogens is 3. The fraction of sp³-hybridized carbons (Fsp3) is 0.357. The molecule has 2 aromatic rings. The number of aryl methyl sites for hydroxylation is 1. The number of hydrogen-bond donors (Lipinski definition) is 1. The first kappa shape index (κ1) is 14.6. The molecular weight excluding hydrogens is 274 g/mol. The molecule has 0 radical (unpaired) electrons. The summed E-state index contributed by atoms with van der Waals surface area (Å²) in [5.41, 5.74) is 2.13. The summed E-state index contributed by atoms with van der Waals surface area (Å²) in [6, 6.07) is 8.03. The van der Waals surface area contributed by atoms with Gasteiger partial charge in [0.25, 0.3) is 0 Å². The zero-order valence-electron chi connectivity index (χ0n) is 11.7. The van der Waals surface area contributed by atoms with Crippen molar-refractivity contribution in [3.05, 3.63) is 35.7 Å². The molecule has 0 saturated carbocycles. The lowest BCUT2D eigenvalue weighted by atomic mass is 10.2. The lowest BCUT2D eigenvalue weighted by Gasteiger charge is -2.11. The minimum Gasteiger partial charge on any atom is -0.481 e. The summed E-state index contributed by atoms with van der Waals surface area (Å²) in [6.45, 7) is 6.11. The molecule has 0 aliphatic rings. The van der Waals surface area contributed by atoms with Gasteiger partial charge in [0.05, 0.1) is 5.75 Å². The van der Waals surface area contributed by atoms with E-state index in [1.54, 1.807) is 0 Å². The van der Waals surface area contributed by atoms with Gasteiger partial charge in [-0.15, -0.1) is 10.2 Å². The van der Waals surface area contributed by atoms with Gasteiger partial charge in [0.1, 0.15) is 5.82 Å². The lowest BCUT2D eigenvalue weighted by Crippen LogP contribution is -2.06. The first-order chi connectivity index (χ1) is 9.49. The van der Waals surface area contributed by atoms with Crippen LogP contribution in [-0.2, 0) is 4.79 Å². The van der Waals surface area contributed by atoms with Crippen LogP contribution in [-0.4, -0.2) is 31.6 Å². The van der Waals surface area contributed by atoms with Crippen molar-refractivity contribution in [3.63, 3.8) is 0 Å². The molecule has 0 bridgehead atoms. The Balaban J connectivity index is 2.43. The number of carboxylic acid groups (broad SMARTS) is 1. The van der Waals surface area contributed by atoms with E-state index in [1.807, 2.05) is 49.6 Å². The Hall–Kier alpha value is -1.82. The molecule has 2 rings (SSSR count). The van der Waals surface area contributed by atoms with Gasteiger partial charge >= 0.3 is 5.97 Å². The number of rotatable bonds is 5. The van der Waals surface area contributed by atoms with E-state index >= 15 is 0 Å². The lowest BCUT2D eigenvalue weighted by molar-refractivity contribution is -0.133. The van der Waals surface area contributed by atoms with Gasteiger partial charge in [0.15, 0.2) is 5.16 Å². The van der Waals surface area contributed by atoms with E-state index < -0.39 is 5.97 Å². The van der Waals surface area contributed by atoms with Crippen LogP contribution < -0.4 is 0 Å². The molecule has 20 heavy (non-hydrogen) atoms. The van der Waals surface area contributed by atoms with Gasteiger partial charge in [0, 0.05) is 11.6 Å². The number of carbonyl (C=O) groups is 1. The number of benzene rings is 1. The zero-order valence-corrected chi connectivity index (χ0v) is 12.5. The minimum atomic E-state index is -0.862. The quantitative estimate of drug-likeness (QED) is 0.858. The molecule has 0 unspecified atom stereocenters. The number of carboxylic acids is 1. The zero-order chi connectivity index (χ0) is 14.7. The summed E-state index contributed by atoms with van der Waals surface area (Å²) < 4.78 is 1.93. The van der Waals surface area contributed by atoms with Crippen LogP contribution in [0.15, 0.2) is 29.4 Å². The SMILES string of the molecule is Cc1ccc(-n2c(SCC(=O)O)nnc2C(C)C)cc1. The average molecular weight is 291 g/mol. The topological polar surface area (TPSA) is 68.0 Å². The van der Waals surface area contributed by atoms with Crippen molar-refractivity contribution in [3.8, 4) is 5.69 Å². The molecule has 1 N–H and O–H groups in total. The van der Waals surface area contributed by atoms with Gasteiger partial charge in [-0.2, -0.15) is 0 Å². The predicted octanol–water partition coefficient (Wildman–Crippen LogP) is 2.88. The van der Waals surface area contributed by atoms with E-state index in [4.69, 9.17) is 5.11 Å². The molecule has 1 aromatic heterocycles. The first-order valence-corrected chi connectivity index (χ1v) is 7.34. The molecular formula is C14H17N3O2S. The maximum absolute atomic E-state index is 10.7. The van der Waals surface area contributed by atoms with Gasteiger partial charge in [-0.25, -0.2) is 0 Å². The maximum Gasteiger partial charge on any atom is 0.313 e. The van der Waals surface area contributed by atoms with Crippen molar-refractivity contribution in [1.29, 1.82) is 0 Å². The highest BCUT2D eigenvalue weighted by molar-refractivity contribution is 7.99. The van der Waals surface area contributed by atoms with Crippen LogP contribution in [0, 0.1) is 6.92 Å². The summed E-state index contributed by atoms with van der Waals surface area (Å²) in [5.74, 6) is 0.159. The second-order valence-corrected chi connectivity index (χ2v) is 5.79. The van der Waals surface area contributed by atoms with Crippen LogP contribution in [0.1, 0.15) is 31.2 Å². The van der Waals surface area contributed by atoms with Crippen molar-refractivity contribution in [1.82, 2.24) is 14.8 Å². The smallest absolute Gasteiger partial charge is 0.313 e. The molecule has 1 aromatic carbocycles. The standard InChI is InChI=1S/C14H17N3O2S/c1-9(2)13-15-16-14(20-8-12(18)19)17(13)11-6-4-10(3)5-7-11/h4-7,9H,8H2,1-3H3,(H,18,19). The van der Waals surface area contributed by atoms with Crippen molar-refractivity contribution >= 4 is 17.7 Å². The second kappa shape index (κ2) is 6.09. The Kier molecular flexibility index (Phi) is 4.44. The first-order valence-electron chi connectivity index (χ1n) is 6.36. The number of thioether (sulfide) groups is 1. The predicted molar refractivity (Wildman–Crippen MR) is 78.5 cm³/mol. The molecule has 0 amide bonds. The van der Waals surface area contributed by atoms with E-state index in [0.717, 1.165) is 11.5 Å². The van der Waals surface area contributed by atoms with Gasteiger partial charge in [0.2, 0.25) is 0 Å². The largest absolute Gasteiger partial charge is 0.481 e. The molecule has 106 valence electrons. The fourth-order valence-electron chi connectivity index (χ4n) is 1.81. The van der Waals surface area contributed by atoms with E-state index in [1.165, 1.54) is 17.3 Å². The normalized spacial score (nSPS) is 11.0. The third kappa shape index (κ3) is 3.19. The van der Waals surface area contributed by atoms with Crippen LogP contribution in [0.4, 0.5) is 0 Å². The molecule has 6 heteroatoms. The third-order valence-corrected chi connectivity index (χ3v) is 3.71. The van der Waals surface area contributed by atoms with E-state index in [2.05, 4.69) is 10.2 Å². The Morgan fingerprint density at radius 1 is 1.30 bits per heavy atom. The van der Waals surface area contributed by atoms with Crippen LogP contribution in [0.2, 0.25) is 0 Å².